The Labute approximate surface area is 74.1 Å². The van der Waals surface area contributed by atoms with Gasteiger partial charge in [0.15, 0.2) is 6.10 Å². The third-order valence-electron chi connectivity index (χ3n) is 1.07. The molecular formula is C7H10O6. The predicted molar refractivity (Wildman–Crippen MR) is 41.0 cm³/mol. The highest BCUT2D eigenvalue weighted by molar-refractivity contribution is 5.80. The molecule has 3 N–H and O–H groups in total. The van der Waals surface area contributed by atoms with Gasteiger partial charge < -0.3 is 20.1 Å². The van der Waals surface area contributed by atoms with Crippen LogP contribution < -0.4 is 0 Å². The van der Waals surface area contributed by atoms with E-state index in [1.165, 1.54) is 0 Å². The van der Waals surface area contributed by atoms with E-state index in [1.54, 1.807) is 0 Å². The number of hydrogen-bond acceptors (Lipinski definition) is 5. The van der Waals surface area contributed by atoms with Crippen molar-refractivity contribution in [2.24, 2.45) is 0 Å². The number of carboxylic acid groups (broad SMARTS) is 1. The molecule has 0 radical (unpaired) electrons. The summed E-state index contributed by atoms with van der Waals surface area (Å²) in [5.41, 5.74) is 0. The Bertz CT molecular complexity index is 209. The van der Waals surface area contributed by atoms with Gasteiger partial charge in [0.25, 0.3) is 0 Å². The molecule has 0 aromatic heterocycles. The first kappa shape index (κ1) is 11.4. The summed E-state index contributed by atoms with van der Waals surface area (Å²) < 4.78 is 4.35. The summed E-state index contributed by atoms with van der Waals surface area (Å²) >= 11 is 0. The van der Waals surface area contributed by atoms with Crippen LogP contribution in [0.15, 0.2) is 12.3 Å². The molecule has 6 heteroatoms. The monoisotopic (exact) mass is 190 g/mol. The first-order valence-corrected chi connectivity index (χ1v) is 3.43. The number of esters is 1. The quantitative estimate of drug-likeness (QED) is 0.396. The molecule has 0 heterocycles. The minimum atomic E-state index is -1.66. The summed E-state index contributed by atoms with van der Waals surface area (Å²) in [5.74, 6) is -2.32. The van der Waals surface area contributed by atoms with E-state index in [1.807, 2.05) is 0 Å². The van der Waals surface area contributed by atoms with Crippen molar-refractivity contribution in [2.45, 2.75) is 12.5 Å². The number of carbonyl (C=O) groups is 2. The fraction of sp³-hybridized carbons (Fsp3) is 0.429. The molecule has 0 aliphatic rings. The SMILES string of the molecule is O=C(O)CC(O)C(=O)OCC=CO. The fourth-order valence-corrected chi connectivity index (χ4v) is 0.518. The van der Waals surface area contributed by atoms with Crippen molar-refractivity contribution >= 4 is 11.9 Å². The lowest BCUT2D eigenvalue weighted by Gasteiger charge is -2.05. The molecule has 1 unspecified atom stereocenters. The molecule has 0 aliphatic heterocycles. The maximum atomic E-state index is 10.7. The lowest BCUT2D eigenvalue weighted by atomic mass is 10.2. The summed E-state index contributed by atoms with van der Waals surface area (Å²) in [6.07, 6.45) is -0.547. The van der Waals surface area contributed by atoms with Crippen LogP contribution in [0.2, 0.25) is 0 Å². The van der Waals surface area contributed by atoms with Crippen LogP contribution in [0.1, 0.15) is 6.42 Å². The molecule has 0 rings (SSSR count). The number of carbonyl (C=O) groups excluding carboxylic acids is 1. The van der Waals surface area contributed by atoms with Gasteiger partial charge in [-0.3, -0.25) is 4.79 Å². The molecule has 74 valence electrons. The maximum Gasteiger partial charge on any atom is 0.335 e. The van der Waals surface area contributed by atoms with E-state index in [0.717, 1.165) is 6.08 Å². The van der Waals surface area contributed by atoms with Crippen molar-refractivity contribution in [3.63, 3.8) is 0 Å². The Kier molecular flexibility index (Phi) is 5.29. The second-order valence-corrected chi connectivity index (χ2v) is 2.13. The number of ether oxygens (including phenoxy) is 1. The molecule has 0 amide bonds. The fourth-order valence-electron chi connectivity index (χ4n) is 0.518. The topological polar surface area (TPSA) is 104 Å². The van der Waals surface area contributed by atoms with Crippen LogP contribution in [0.25, 0.3) is 0 Å². The highest BCUT2D eigenvalue weighted by Crippen LogP contribution is 1.95. The molecule has 0 spiro atoms. The van der Waals surface area contributed by atoms with Crippen molar-refractivity contribution < 1.29 is 29.6 Å². The van der Waals surface area contributed by atoms with Crippen LogP contribution in [-0.2, 0) is 14.3 Å². The average molecular weight is 190 g/mol. The minimum Gasteiger partial charge on any atom is -0.516 e. The van der Waals surface area contributed by atoms with Gasteiger partial charge in [-0.25, -0.2) is 4.79 Å². The molecule has 0 aliphatic carbocycles. The summed E-state index contributed by atoms with van der Waals surface area (Å²) in [6.45, 7) is -0.202. The molecule has 0 fully saturated rings. The highest BCUT2D eigenvalue weighted by Gasteiger charge is 2.19. The molecule has 0 aromatic carbocycles. The molecule has 0 saturated carbocycles. The van der Waals surface area contributed by atoms with Crippen molar-refractivity contribution in [2.75, 3.05) is 6.61 Å². The molecule has 0 bridgehead atoms. The summed E-state index contributed by atoms with van der Waals surface area (Å²) in [4.78, 5) is 20.7. The zero-order valence-electron chi connectivity index (χ0n) is 6.71. The lowest BCUT2D eigenvalue weighted by molar-refractivity contribution is -0.157. The Hall–Kier alpha value is -1.56. The largest absolute Gasteiger partial charge is 0.516 e. The smallest absolute Gasteiger partial charge is 0.335 e. The summed E-state index contributed by atoms with van der Waals surface area (Å²) in [5, 5.41) is 25.2. The normalized spacial score (nSPS) is 12.7. The summed E-state index contributed by atoms with van der Waals surface area (Å²) in [7, 11) is 0. The highest BCUT2D eigenvalue weighted by atomic mass is 16.5. The second-order valence-electron chi connectivity index (χ2n) is 2.13. The zero-order chi connectivity index (χ0) is 10.3. The molecule has 1 atom stereocenters. The van der Waals surface area contributed by atoms with Gasteiger partial charge in [-0.05, 0) is 6.08 Å². The van der Waals surface area contributed by atoms with Crippen LogP contribution in [0.3, 0.4) is 0 Å². The molecule has 0 saturated heterocycles. The number of hydrogen-bond donors (Lipinski definition) is 3. The number of rotatable bonds is 5. The average Bonchev–Trinajstić information content (AvgIpc) is 2.03. The van der Waals surface area contributed by atoms with E-state index in [4.69, 9.17) is 15.3 Å². The van der Waals surface area contributed by atoms with Crippen molar-refractivity contribution in [1.82, 2.24) is 0 Å². The van der Waals surface area contributed by atoms with E-state index in [-0.39, 0.29) is 6.61 Å². The summed E-state index contributed by atoms with van der Waals surface area (Å²) in [6, 6.07) is 0. The van der Waals surface area contributed by atoms with Gasteiger partial charge in [-0.15, -0.1) is 0 Å². The van der Waals surface area contributed by atoms with Gasteiger partial charge in [0.1, 0.15) is 6.61 Å². The van der Waals surface area contributed by atoms with Gasteiger partial charge in [-0.1, -0.05) is 0 Å². The third-order valence-corrected chi connectivity index (χ3v) is 1.07. The van der Waals surface area contributed by atoms with Crippen LogP contribution in [0.5, 0.6) is 0 Å². The second kappa shape index (κ2) is 6.01. The van der Waals surface area contributed by atoms with Crippen molar-refractivity contribution in [1.29, 1.82) is 0 Å². The van der Waals surface area contributed by atoms with Crippen molar-refractivity contribution in [3.05, 3.63) is 12.3 Å². The number of carboxylic acids is 1. The minimum absolute atomic E-state index is 0.202. The molecular weight excluding hydrogens is 180 g/mol. The van der Waals surface area contributed by atoms with Crippen LogP contribution in [-0.4, -0.2) is 40.0 Å². The molecule has 0 aromatic rings. The van der Waals surface area contributed by atoms with Gasteiger partial charge in [-0.2, -0.15) is 0 Å². The molecule has 13 heavy (non-hydrogen) atoms. The van der Waals surface area contributed by atoms with Gasteiger partial charge >= 0.3 is 11.9 Å². The molecule has 6 nitrogen and oxygen atoms in total. The zero-order valence-corrected chi connectivity index (χ0v) is 6.71. The Morgan fingerprint density at radius 2 is 2.08 bits per heavy atom. The van der Waals surface area contributed by atoms with Gasteiger partial charge in [0.05, 0.1) is 12.7 Å². The van der Waals surface area contributed by atoms with Crippen LogP contribution >= 0.6 is 0 Å². The number of aliphatic carboxylic acids is 1. The predicted octanol–water partition coefficient (Wildman–Crippen LogP) is -0.563. The van der Waals surface area contributed by atoms with Crippen molar-refractivity contribution in [3.8, 4) is 0 Å². The standard InChI is InChI=1S/C7H10O6/c8-2-1-3-13-7(12)5(9)4-6(10)11/h1-2,5,8-9H,3-4H2,(H,10,11). The Morgan fingerprint density at radius 1 is 1.46 bits per heavy atom. The Balaban J connectivity index is 3.75. The first-order chi connectivity index (χ1) is 6.07. The van der Waals surface area contributed by atoms with E-state index in [9.17, 15) is 9.59 Å². The van der Waals surface area contributed by atoms with Gasteiger partial charge in [0.2, 0.25) is 0 Å². The third kappa shape index (κ3) is 5.68. The Morgan fingerprint density at radius 3 is 2.54 bits per heavy atom. The van der Waals surface area contributed by atoms with E-state index < -0.39 is 24.5 Å². The van der Waals surface area contributed by atoms with E-state index in [0.29, 0.717) is 6.26 Å². The number of aliphatic hydroxyl groups is 2. The number of aliphatic hydroxyl groups excluding tert-OH is 2. The van der Waals surface area contributed by atoms with E-state index >= 15 is 0 Å². The van der Waals surface area contributed by atoms with Crippen LogP contribution in [0.4, 0.5) is 0 Å². The van der Waals surface area contributed by atoms with Crippen LogP contribution in [0, 0.1) is 0 Å². The first-order valence-electron chi connectivity index (χ1n) is 3.43. The maximum absolute atomic E-state index is 10.7. The van der Waals surface area contributed by atoms with Gasteiger partial charge in [0, 0.05) is 0 Å². The van der Waals surface area contributed by atoms with E-state index in [2.05, 4.69) is 4.74 Å². The lowest BCUT2D eigenvalue weighted by Crippen LogP contribution is -2.25.